The van der Waals surface area contributed by atoms with Crippen molar-refractivity contribution in [1.29, 1.82) is 0 Å². The van der Waals surface area contributed by atoms with E-state index in [-0.39, 0.29) is 5.78 Å². The quantitative estimate of drug-likeness (QED) is 0.792. The lowest BCUT2D eigenvalue weighted by Crippen LogP contribution is -2.07. The van der Waals surface area contributed by atoms with Gasteiger partial charge in [-0.2, -0.15) is 0 Å². The fourth-order valence-corrected chi connectivity index (χ4v) is 2.26. The molecular formula is C15H12Cl2O3. The SMILES string of the molecule is COc1cccc(OC)c1C(=O)c1cc(Cl)ccc1Cl. The van der Waals surface area contributed by atoms with Gasteiger partial charge in [-0.15, -0.1) is 0 Å². The molecule has 0 N–H and O–H groups in total. The van der Waals surface area contributed by atoms with Crippen molar-refractivity contribution in [2.45, 2.75) is 0 Å². The maximum Gasteiger partial charge on any atom is 0.202 e. The number of halogens is 2. The van der Waals surface area contributed by atoms with Crippen LogP contribution in [-0.2, 0) is 0 Å². The fraction of sp³-hybridized carbons (Fsp3) is 0.133. The zero-order valence-electron chi connectivity index (χ0n) is 10.9. The molecule has 0 unspecified atom stereocenters. The molecule has 0 aliphatic carbocycles. The highest BCUT2D eigenvalue weighted by atomic mass is 35.5. The molecule has 0 bridgehead atoms. The van der Waals surface area contributed by atoms with Crippen LogP contribution in [0.3, 0.4) is 0 Å². The summed E-state index contributed by atoms with van der Waals surface area (Å²) in [7, 11) is 2.98. The average molecular weight is 311 g/mol. The summed E-state index contributed by atoms with van der Waals surface area (Å²) >= 11 is 12.0. The first-order valence-corrected chi connectivity index (χ1v) is 6.54. The Morgan fingerprint density at radius 3 is 2.15 bits per heavy atom. The zero-order chi connectivity index (χ0) is 14.7. The molecule has 0 saturated carbocycles. The number of carbonyl (C=O) groups is 1. The molecule has 2 aromatic carbocycles. The second-order valence-corrected chi connectivity index (χ2v) is 4.83. The van der Waals surface area contributed by atoms with Crippen molar-refractivity contribution >= 4 is 29.0 Å². The van der Waals surface area contributed by atoms with Crippen molar-refractivity contribution in [1.82, 2.24) is 0 Å². The van der Waals surface area contributed by atoms with E-state index < -0.39 is 0 Å². The molecule has 0 aliphatic rings. The Kier molecular flexibility index (Phi) is 4.53. The maximum atomic E-state index is 12.7. The average Bonchev–Trinajstić information content (AvgIpc) is 2.48. The number of methoxy groups -OCH3 is 2. The molecule has 2 rings (SSSR count). The molecule has 0 spiro atoms. The second-order valence-electron chi connectivity index (χ2n) is 3.99. The van der Waals surface area contributed by atoms with E-state index in [9.17, 15) is 4.79 Å². The molecule has 20 heavy (non-hydrogen) atoms. The van der Waals surface area contributed by atoms with Crippen LogP contribution in [0.15, 0.2) is 36.4 Å². The minimum atomic E-state index is -0.299. The van der Waals surface area contributed by atoms with Gasteiger partial charge in [0.05, 0.1) is 19.2 Å². The number of carbonyl (C=O) groups excluding carboxylic acids is 1. The van der Waals surface area contributed by atoms with Crippen LogP contribution in [0.25, 0.3) is 0 Å². The smallest absolute Gasteiger partial charge is 0.202 e. The van der Waals surface area contributed by atoms with Gasteiger partial charge >= 0.3 is 0 Å². The Morgan fingerprint density at radius 2 is 1.60 bits per heavy atom. The lowest BCUT2D eigenvalue weighted by molar-refractivity contribution is 0.103. The predicted molar refractivity (Wildman–Crippen MR) is 79.4 cm³/mol. The summed E-state index contributed by atoms with van der Waals surface area (Å²) in [5.74, 6) is 0.544. The highest BCUT2D eigenvalue weighted by molar-refractivity contribution is 6.37. The molecule has 0 saturated heterocycles. The first-order chi connectivity index (χ1) is 9.58. The van der Waals surface area contributed by atoms with E-state index >= 15 is 0 Å². The minimum absolute atomic E-state index is 0.299. The molecule has 0 fully saturated rings. The van der Waals surface area contributed by atoms with Gasteiger partial charge in [0.25, 0.3) is 0 Å². The van der Waals surface area contributed by atoms with E-state index in [1.54, 1.807) is 30.3 Å². The molecule has 3 nitrogen and oxygen atoms in total. The van der Waals surface area contributed by atoms with Gasteiger partial charge in [-0.25, -0.2) is 0 Å². The van der Waals surface area contributed by atoms with E-state index in [0.29, 0.717) is 32.7 Å². The third kappa shape index (κ3) is 2.74. The van der Waals surface area contributed by atoms with Gasteiger partial charge in [-0.3, -0.25) is 4.79 Å². The van der Waals surface area contributed by atoms with E-state index in [1.807, 2.05) is 0 Å². The van der Waals surface area contributed by atoms with Crippen molar-refractivity contribution < 1.29 is 14.3 Å². The summed E-state index contributed by atoms with van der Waals surface area (Å²) < 4.78 is 10.4. The zero-order valence-corrected chi connectivity index (χ0v) is 12.5. The normalized spacial score (nSPS) is 10.2. The molecule has 104 valence electrons. The van der Waals surface area contributed by atoms with Crippen LogP contribution in [0.2, 0.25) is 10.0 Å². The number of ether oxygens (including phenoxy) is 2. The Balaban J connectivity index is 2.61. The number of hydrogen-bond donors (Lipinski definition) is 0. The Bertz CT molecular complexity index is 631. The molecule has 5 heteroatoms. The standard InChI is InChI=1S/C15H12Cl2O3/c1-19-12-4-3-5-13(20-2)14(12)15(18)10-8-9(16)6-7-11(10)17/h3-8H,1-2H3. The van der Waals surface area contributed by atoms with Crippen LogP contribution in [0.4, 0.5) is 0 Å². The fourth-order valence-electron chi connectivity index (χ4n) is 1.88. The summed E-state index contributed by atoms with van der Waals surface area (Å²) in [4.78, 5) is 12.7. The lowest BCUT2D eigenvalue weighted by Gasteiger charge is -2.12. The van der Waals surface area contributed by atoms with Gasteiger partial charge in [0, 0.05) is 10.6 Å². The van der Waals surface area contributed by atoms with Gasteiger partial charge in [0.2, 0.25) is 5.78 Å². The summed E-state index contributed by atoms with van der Waals surface area (Å²) in [5, 5.41) is 0.763. The molecule has 0 heterocycles. The summed E-state index contributed by atoms with van der Waals surface area (Å²) in [6, 6.07) is 9.85. The van der Waals surface area contributed by atoms with Crippen LogP contribution in [0.5, 0.6) is 11.5 Å². The molecule has 0 aromatic heterocycles. The Hall–Kier alpha value is -1.71. The lowest BCUT2D eigenvalue weighted by atomic mass is 10.0. The Labute approximate surface area is 127 Å². The van der Waals surface area contributed by atoms with Crippen molar-refractivity contribution in [3.8, 4) is 11.5 Å². The maximum absolute atomic E-state index is 12.7. The first-order valence-electron chi connectivity index (χ1n) is 5.79. The molecule has 0 atom stereocenters. The van der Waals surface area contributed by atoms with E-state index in [1.165, 1.54) is 20.3 Å². The third-order valence-corrected chi connectivity index (χ3v) is 3.39. The van der Waals surface area contributed by atoms with Gasteiger partial charge < -0.3 is 9.47 Å². The third-order valence-electron chi connectivity index (χ3n) is 2.83. The van der Waals surface area contributed by atoms with Crippen LogP contribution in [-0.4, -0.2) is 20.0 Å². The van der Waals surface area contributed by atoms with E-state index in [4.69, 9.17) is 32.7 Å². The van der Waals surface area contributed by atoms with E-state index in [2.05, 4.69) is 0 Å². The predicted octanol–water partition coefficient (Wildman–Crippen LogP) is 4.24. The van der Waals surface area contributed by atoms with Crippen LogP contribution >= 0.6 is 23.2 Å². The molecule has 0 amide bonds. The highest BCUT2D eigenvalue weighted by Crippen LogP contribution is 2.33. The largest absolute Gasteiger partial charge is 0.496 e. The van der Waals surface area contributed by atoms with Gasteiger partial charge in [-0.1, -0.05) is 29.3 Å². The van der Waals surface area contributed by atoms with E-state index in [0.717, 1.165) is 0 Å². The number of benzene rings is 2. The van der Waals surface area contributed by atoms with Gasteiger partial charge in [0.1, 0.15) is 17.1 Å². The van der Waals surface area contributed by atoms with Gasteiger partial charge in [-0.05, 0) is 30.3 Å². The van der Waals surface area contributed by atoms with Crippen LogP contribution < -0.4 is 9.47 Å². The summed E-state index contributed by atoms with van der Waals surface area (Å²) in [5.41, 5.74) is 0.628. The van der Waals surface area contributed by atoms with Crippen molar-refractivity contribution in [2.24, 2.45) is 0 Å². The molecule has 0 radical (unpaired) electrons. The second kappa shape index (κ2) is 6.16. The van der Waals surface area contributed by atoms with Crippen LogP contribution in [0, 0.1) is 0 Å². The summed E-state index contributed by atoms with van der Waals surface area (Å²) in [6.45, 7) is 0. The number of rotatable bonds is 4. The molecular weight excluding hydrogens is 299 g/mol. The monoisotopic (exact) mass is 310 g/mol. The minimum Gasteiger partial charge on any atom is -0.496 e. The van der Waals surface area contributed by atoms with Crippen molar-refractivity contribution in [3.63, 3.8) is 0 Å². The summed E-state index contributed by atoms with van der Waals surface area (Å²) in [6.07, 6.45) is 0. The first kappa shape index (κ1) is 14.7. The number of ketones is 1. The Morgan fingerprint density at radius 1 is 1.00 bits per heavy atom. The highest BCUT2D eigenvalue weighted by Gasteiger charge is 2.21. The van der Waals surface area contributed by atoms with Crippen LogP contribution in [0.1, 0.15) is 15.9 Å². The molecule has 2 aromatic rings. The van der Waals surface area contributed by atoms with Crippen molar-refractivity contribution in [2.75, 3.05) is 14.2 Å². The van der Waals surface area contributed by atoms with Crippen molar-refractivity contribution in [3.05, 3.63) is 57.6 Å². The van der Waals surface area contributed by atoms with Gasteiger partial charge in [0.15, 0.2) is 0 Å². The molecule has 0 aliphatic heterocycles. The topological polar surface area (TPSA) is 35.5 Å². The number of hydrogen-bond acceptors (Lipinski definition) is 3.